The summed E-state index contributed by atoms with van der Waals surface area (Å²) >= 11 is 0. The van der Waals surface area contributed by atoms with Crippen LogP contribution in [0.2, 0.25) is 0 Å². The first-order valence-electron chi connectivity index (χ1n) is 9.00. The van der Waals surface area contributed by atoms with Crippen LogP contribution in [-0.2, 0) is 16.1 Å². The molecule has 134 valence electrons. The monoisotopic (exact) mass is 341 g/mol. The third-order valence-corrected chi connectivity index (χ3v) is 4.76. The highest BCUT2D eigenvalue weighted by Gasteiger charge is 2.32. The van der Waals surface area contributed by atoms with Gasteiger partial charge in [0.25, 0.3) is 0 Å². The summed E-state index contributed by atoms with van der Waals surface area (Å²) in [6, 6.07) is 10.6. The Morgan fingerprint density at radius 3 is 2.68 bits per heavy atom. The number of rotatable bonds is 5. The maximum atomic E-state index is 11.5. The second-order valence-electron chi connectivity index (χ2n) is 7.22. The second kappa shape index (κ2) is 7.83. The van der Waals surface area contributed by atoms with Crippen molar-refractivity contribution in [2.24, 2.45) is 5.92 Å². The van der Waals surface area contributed by atoms with Crippen molar-refractivity contribution in [2.45, 2.75) is 58.4 Å². The molecule has 1 fully saturated rings. The first-order chi connectivity index (χ1) is 12.0. The lowest BCUT2D eigenvalue weighted by Gasteiger charge is -2.38. The molecule has 1 aliphatic rings. The molecule has 1 amide bonds. The van der Waals surface area contributed by atoms with Crippen LogP contribution in [0.1, 0.15) is 50.8 Å². The Morgan fingerprint density at radius 1 is 1.32 bits per heavy atom. The van der Waals surface area contributed by atoms with E-state index < -0.39 is 0 Å². The topological polar surface area (TPSA) is 56.1 Å². The number of nitrogens with one attached hydrogen (secondary N) is 1. The maximum absolute atomic E-state index is 11.5. The molecule has 0 unspecified atom stereocenters. The quantitative estimate of drug-likeness (QED) is 0.908. The fraction of sp³-hybridized carbons (Fsp3) is 0.500. The molecule has 0 radical (unpaired) electrons. The van der Waals surface area contributed by atoms with Crippen LogP contribution in [0.15, 0.2) is 42.7 Å². The summed E-state index contributed by atoms with van der Waals surface area (Å²) in [5.41, 5.74) is 2.38. The van der Waals surface area contributed by atoms with Gasteiger partial charge in [-0.25, -0.2) is 0 Å². The maximum Gasteiger partial charge on any atom is 0.217 e. The zero-order valence-electron chi connectivity index (χ0n) is 15.2. The summed E-state index contributed by atoms with van der Waals surface area (Å²) in [5, 5.41) is 7.32. The summed E-state index contributed by atoms with van der Waals surface area (Å²) in [4.78, 5) is 11.5. The van der Waals surface area contributed by atoms with Crippen molar-refractivity contribution in [2.75, 3.05) is 0 Å². The number of benzene rings is 1. The van der Waals surface area contributed by atoms with Gasteiger partial charge in [0, 0.05) is 25.4 Å². The van der Waals surface area contributed by atoms with Crippen molar-refractivity contribution in [3.8, 4) is 0 Å². The zero-order valence-corrected chi connectivity index (χ0v) is 15.2. The molecule has 5 nitrogen and oxygen atoms in total. The van der Waals surface area contributed by atoms with Gasteiger partial charge >= 0.3 is 0 Å². The largest absolute Gasteiger partial charge is 0.370 e. The lowest BCUT2D eigenvalue weighted by molar-refractivity contribution is -0.123. The number of ether oxygens (including phenoxy) is 1. The van der Waals surface area contributed by atoms with Gasteiger partial charge in [0.05, 0.1) is 18.8 Å². The summed E-state index contributed by atoms with van der Waals surface area (Å²) in [7, 11) is 0. The Hall–Kier alpha value is -2.14. The van der Waals surface area contributed by atoms with E-state index in [1.807, 2.05) is 16.9 Å². The van der Waals surface area contributed by atoms with E-state index >= 15 is 0 Å². The molecular formula is C20H27N3O2. The SMILES string of the molecule is CC(=O)N[C@H]1C[C@@H](C(C)C)O[C@@H](c2ccc(Cn3cccn3)cc2)C1. The van der Waals surface area contributed by atoms with Gasteiger partial charge in [-0.15, -0.1) is 0 Å². The number of hydrogen-bond donors (Lipinski definition) is 1. The Kier molecular flexibility index (Phi) is 5.53. The van der Waals surface area contributed by atoms with Gasteiger partial charge in [-0.2, -0.15) is 5.10 Å². The molecule has 5 heteroatoms. The minimum absolute atomic E-state index is 0.0248. The number of carbonyl (C=O) groups excluding carboxylic acids is 1. The lowest BCUT2D eigenvalue weighted by Crippen LogP contribution is -2.43. The van der Waals surface area contributed by atoms with Gasteiger partial charge in [0.15, 0.2) is 0 Å². The molecule has 1 saturated heterocycles. The van der Waals surface area contributed by atoms with Crippen LogP contribution < -0.4 is 5.32 Å². The van der Waals surface area contributed by atoms with Gasteiger partial charge < -0.3 is 10.1 Å². The standard InChI is InChI=1S/C20H27N3O2/c1-14(2)19-11-18(22-15(3)24)12-20(25-19)17-7-5-16(6-8-17)13-23-10-4-9-21-23/h4-10,14,18-20H,11-13H2,1-3H3,(H,22,24)/t18-,19-,20+/m0/s1. The first kappa shape index (κ1) is 17.7. The highest BCUT2D eigenvalue weighted by atomic mass is 16.5. The summed E-state index contributed by atoms with van der Waals surface area (Å²) in [5.74, 6) is 0.459. The van der Waals surface area contributed by atoms with Crippen molar-refractivity contribution in [3.63, 3.8) is 0 Å². The molecule has 0 bridgehead atoms. The average molecular weight is 341 g/mol. The number of nitrogens with zero attached hydrogens (tertiary/aromatic N) is 2. The predicted octanol–water partition coefficient (Wildman–Crippen LogP) is 3.31. The number of aromatic nitrogens is 2. The number of amides is 1. The third kappa shape index (κ3) is 4.69. The van der Waals surface area contributed by atoms with Gasteiger partial charge in [0.2, 0.25) is 5.91 Å². The van der Waals surface area contributed by atoms with Crippen molar-refractivity contribution in [3.05, 3.63) is 53.9 Å². The fourth-order valence-electron chi connectivity index (χ4n) is 3.43. The second-order valence-corrected chi connectivity index (χ2v) is 7.22. The Balaban J connectivity index is 1.71. The van der Waals surface area contributed by atoms with Crippen LogP contribution in [0.5, 0.6) is 0 Å². The number of hydrogen-bond acceptors (Lipinski definition) is 3. The first-order valence-corrected chi connectivity index (χ1v) is 9.00. The van der Waals surface area contributed by atoms with E-state index in [4.69, 9.17) is 4.74 Å². The van der Waals surface area contributed by atoms with Crippen LogP contribution in [-0.4, -0.2) is 27.8 Å². The Morgan fingerprint density at radius 2 is 2.08 bits per heavy atom. The van der Waals surface area contributed by atoms with Gasteiger partial charge in [-0.05, 0) is 36.0 Å². The molecule has 1 aromatic heterocycles. The zero-order chi connectivity index (χ0) is 17.8. The highest BCUT2D eigenvalue weighted by Crippen LogP contribution is 2.34. The van der Waals surface area contributed by atoms with Gasteiger partial charge in [-0.3, -0.25) is 9.48 Å². The lowest BCUT2D eigenvalue weighted by atomic mass is 9.89. The molecule has 2 heterocycles. The minimum atomic E-state index is 0.0248. The van der Waals surface area contributed by atoms with E-state index in [1.54, 1.807) is 13.1 Å². The van der Waals surface area contributed by atoms with E-state index in [0.717, 1.165) is 19.4 Å². The van der Waals surface area contributed by atoms with E-state index in [0.29, 0.717) is 5.92 Å². The summed E-state index contributed by atoms with van der Waals surface area (Å²) < 4.78 is 8.23. The van der Waals surface area contributed by atoms with Crippen molar-refractivity contribution < 1.29 is 9.53 Å². The number of carbonyl (C=O) groups is 1. The predicted molar refractivity (Wildman–Crippen MR) is 97.1 cm³/mol. The van der Waals surface area contributed by atoms with E-state index in [9.17, 15) is 4.79 Å². The normalized spacial score (nSPS) is 23.6. The fourth-order valence-corrected chi connectivity index (χ4v) is 3.43. The van der Waals surface area contributed by atoms with E-state index in [2.05, 4.69) is 48.5 Å². The van der Waals surface area contributed by atoms with E-state index in [-0.39, 0.29) is 24.2 Å². The molecule has 3 atom stereocenters. The van der Waals surface area contributed by atoms with Crippen LogP contribution in [0.3, 0.4) is 0 Å². The average Bonchev–Trinajstić information content (AvgIpc) is 3.07. The molecule has 1 N–H and O–H groups in total. The van der Waals surface area contributed by atoms with Gasteiger partial charge in [0.1, 0.15) is 0 Å². The Bertz CT molecular complexity index is 679. The molecule has 3 rings (SSSR count). The third-order valence-electron chi connectivity index (χ3n) is 4.76. The molecule has 25 heavy (non-hydrogen) atoms. The summed E-state index contributed by atoms with van der Waals surface area (Å²) in [6.07, 6.45) is 5.64. The van der Waals surface area contributed by atoms with Crippen LogP contribution in [0.25, 0.3) is 0 Å². The van der Waals surface area contributed by atoms with Crippen molar-refractivity contribution >= 4 is 5.91 Å². The van der Waals surface area contributed by atoms with Gasteiger partial charge in [-0.1, -0.05) is 38.1 Å². The van der Waals surface area contributed by atoms with Crippen molar-refractivity contribution in [1.29, 1.82) is 0 Å². The molecule has 0 aliphatic carbocycles. The highest BCUT2D eigenvalue weighted by molar-refractivity contribution is 5.73. The Labute approximate surface area is 149 Å². The molecule has 1 aliphatic heterocycles. The minimum Gasteiger partial charge on any atom is -0.370 e. The smallest absolute Gasteiger partial charge is 0.217 e. The van der Waals surface area contributed by atoms with Crippen LogP contribution in [0, 0.1) is 5.92 Å². The van der Waals surface area contributed by atoms with Crippen molar-refractivity contribution in [1.82, 2.24) is 15.1 Å². The van der Waals surface area contributed by atoms with E-state index in [1.165, 1.54) is 11.1 Å². The van der Waals surface area contributed by atoms with Crippen LogP contribution in [0.4, 0.5) is 0 Å². The molecule has 1 aromatic carbocycles. The molecule has 0 saturated carbocycles. The molecular weight excluding hydrogens is 314 g/mol. The molecule has 2 aromatic rings. The van der Waals surface area contributed by atoms with Crippen LogP contribution >= 0.6 is 0 Å². The summed E-state index contributed by atoms with van der Waals surface area (Å²) in [6.45, 7) is 6.69. The molecule has 0 spiro atoms.